The van der Waals surface area contributed by atoms with Gasteiger partial charge >= 0.3 is 5.97 Å². The Kier molecular flexibility index (Phi) is 9.25. The van der Waals surface area contributed by atoms with Gasteiger partial charge in [0.2, 0.25) is 0 Å². The molecule has 4 rings (SSSR count). The quantitative estimate of drug-likeness (QED) is 0.229. The molecule has 0 saturated carbocycles. The van der Waals surface area contributed by atoms with E-state index in [1.54, 1.807) is 66.7 Å². The Morgan fingerprint density at radius 2 is 1.10 bits per heavy atom. The molecule has 42 heavy (non-hydrogen) atoms. The van der Waals surface area contributed by atoms with Gasteiger partial charge in [0.25, 0.3) is 11.8 Å². The molecule has 0 fully saturated rings. The fourth-order valence-corrected chi connectivity index (χ4v) is 4.12. The van der Waals surface area contributed by atoms with E-state index in [0.717, 1.165) is 11.4 Å². The number of hydrogen-bond acceptors (Lipinski definition) is 6. The summed E-state index contributed by atoms with van der Waals surface area (Å²) in [6.07, 6.45) is 0. The molecule has 0 aromatic heterocycles. The molecule has 0 bridgehead atoms. The SMILES string of the molecule is COC(=O)c1ccccc1C#Cc1c(NC(=O)c2ccc(N(C)C)cc2)cccc1NC(=O)c1ccc(N(C)C)cc1. The molecular weight excluding hydrogens is 528 g/mol. The van der Waals surface area contributed by atoms with Crippen LogP contribution in [0.5, 0.6) is 0 Å². The normalized spacial score (nSPS) is 10.1. The molecule has 0 atom stereocenters. The van der Waals surface area contributed by atoms with Crippen molar-refractivity contribution in [3.63, 3.8) is 0 Å². The largest absolute Gasteiger partial charge is 0.465 e. The van der Waals surface area contributed by atoms with E-state index in [1.165, 1.54) is 7.11 Å². The maximum Gasteiger partial charge on any atom is 0.339 e. The van der Waals surface area contributed by atoms with Crippen LogP contribution >= 0.6 is 0 Å². The average Bonchev–Trinajstić information content (AvgIpc) is 3.00. The summed E-state index contributed by atoms with van der Waals surface area (Å²) < 4.78 is 4.90. The first-order chi connectivity index (χ1) is 20.2. The van der Waals surface area contributed by atoms with Gasteiger partial charge in [-0.1, -0.05) is 30.0 Å². The van der Waals surface area contributed by atoms with Gasteiger partial charge in [-0.05, 0) is 72.8 Å². The molecule has 0 radical (unpaired) electrons. The summed E-state index contributed by atoms with van der Waals surface area (Å²) in [7, 11) is 9.01. The maximum atomic E-state index is 13.2. The van der Waals surface area contributed by atoms with Gasteiger partial charge in [-0.3, -0.25) is 9.59 Å². The fourth-order valence-electron chi connectivity index (χ4n) is 4.12. The molecule has 4 aromatic carbocycles. The van der Waals surface area contributed by atoms with Gasteiger partial charge in [-0.25, -0.2) is 4.79 Å². The van der Waals surface area contributed by atoms with Gasteiger partial charge in [0.1, 0.15) is 0 Å². The standard InChI is InChI=1S/C34H32N4O4/c1-37(2)26-18-13-24(14-19-26)32(39)35-30-11-8-12-31(36-33(40)25-15-20-27(21-16-25)38(3)4)29(30)22-17-23-9-6-7-10-28(23)34(41)42-5/h6-16,18-21H,1-5H3,(H,35,39)(H,36,40). The Morgan fingerprint density at radius 3 is 1.55 bits per heavy atom. The monoisotopic (exact) mass is 560 g/mol. The summed E-state index contributed by atoms with van der Waals surface area (Å²) in [5.41, 5.74) is 4.80. The molecule has 0 heterocycles. The Balaban J connectivity index is 1.73. The van der Waals surface area contributed by atoms with Gasteiger partial charge in [0.15, 0.2) is 0 Å². The summed E-state index contributed by atoms with van der Waals surface area (Å²) in [5, 5.41) is 5.86. The first-order valence-corrected chi connectivity index (χ1v) is 13.2. The van der Waals surface area contributed by atoms with Gasteiger partial charge in [-0.15, -0.1) is 0 Å². The van der Waals surface area contributed by atoms with Crippen LogP contribution in [0, 0.1) is 11.8 Å². The molecule has 2 amide bonds. The highest BCUT2D eigenvalue weighted by Gasteiger charge is 2.15. The zero-order valence-electron chi connectivity index (χ0n) is 24.2. The number of hydrogen-bond donors (Lipinski definition) is 2. The van der Waals surface area contributed by atoms with Crippen molar-refractivity contribution < 1.29 is 19.1 Å². The Labute approximate surface area is 245 Å². The van der Waals surface area contributed by atoms with Crippen LogP contribution in [0.15, 0.2) is 91.0 Å². The number of nitrogens with zero attached hydrogens (tertiary/aromatic N) is 2. The minimum atomic E-state index is -0.516. The van der Waals surface area contributed by atoms with Crippen LogP contribution in [0.4, 0.5) is 22.7 Å². The van der Waals surface area contributed by atoms with Crippen molar-refractivity contribution in [3.05, 3.63) is 119 Å². The maximum absolute atomic E-state index is 13.2. The average molecular weight is 561 g/mol. The molecule has 8 heteroatoms. The second-order valence-electron chi connectivity index (χ2n) is 9.81. The van der Waals surface area contributed by atoms with Crippen LogP contribution in [0.2, 0.25) is 0 Å². The fraction of sp³-hybridized carbons (Fsp3) is 0.147. The topological polar surface area (TPSA) is 91.0 Å². The van der Waals surface area contributed by atoms with Crippen molar-refractivity contribution in [1.82, 2.24) is 0 Å². The number of ether oxygens (including phenoxy) is 1. The van der Waals surface area contributed by atoms with E-state index >= 15 is 0 Å². The first kappa shape index (κ1) is 29.4. The molecule has 0 aliphatic carbocycles. The number of nitrogens with one attached hydrogen (secondary N) is 2. The molecule has 0 spiro atoms. The van der Waals surface area contributed by atoms with E-state index < -0.39 is 5.97 Å². The van der Waals surface area contributed by atoms with Crippen molar-refractivity contribution in [1.29, 1.82) is 0 Å². The lowest BCUT2D eigenvalue weighted by atomic mass is 10.1. The first-order valence-electron chi connectivity index (χ1n) is 13.2. The van der Waals surface area contributed by atoms with E-state index in [2.05, 4.69) is 22.5 Å². The van der Waals surface area contributed by atoms with Crippen molar-refractivity contribution in [2.75, 3.05) is 55.7 Å². The summed E-state index contributed by atoms with van der Waals surface area (Å²) >= 11 is 0. The summed E-state index contributed by atoms with van der Waals surface area (Å²) in [6.45, 7) is 0. The van der Waals surface area contributed by atoms with Crippen molar-refractivity contribution in [3.8, 4) is 11.8 Å². The highest BCUT2D eigenvalue weighted by molar-refractivity contribution is 6.08. The van der Waals surface area contributed by atoms with Crippen LogP contribution < -0.4 is 20.4 Å². The molecule has 8 nitrogen and oxygen atoms in total. The third kappa shape index (κ3) is 6.95. The number of benzene rings is 4. The third-order valence-corrected chi connectivity index (χ3v) is 6.51. The van der Waals surface area contributed by atoms with Gasteiger partial charge in [0, 0.05) is 56.3 Å². The minimum Gasteiger partial charge on any atom is -0.465 e. The molecule has 0 aliphatic rings. The van der Waals surface area contributed by atoms with E-state index in [-0.39, 0.29) is 11.8 Å². The van der Waals surface area contributed by atoms with Crippen molar-refractivity contribution in [2.24, 2.45) is 0 Å². The number of carbonyl (C=O) groups is 3. The zero-order chi connectivity index (χ0) is 30.2. The molecule has 212 valence electrons. The molecule has 0 unspecified atom stereocenters. The summed E-state index contributed by atoms with van der Waals surface area (Å²) in [4.78, 5) is 42.6. The second kappa shape index (κ2) is 13.2. The van der Waals surface area contributed by atoms with Gasteiger partial charge < -0.3 is 25.2 Å². The van der Waals surface area contributed by atoms with Crippen molar-refractivity contribution >= 4 is 40.5 Å². The Hall–Kier alpha value is -5.55. The molecule has 4 aromatic rings. The lowest BCUT2D eigenvalue weighted by molar-refractivity contribution is 0.0600. The lowest BCUT2D eigenvalue weighted by Crippen LogP contribution is -2.16. The number of esters is 1. The van der Waals surface area contributed by atoms with Gasteiger partial charge in [-0.2, -0.15) is 0 Å². The van der Waals surface area contributed by atoms with Crippen molar-refractivity contribution in [2.45, 2.75) is 0 Å². The van der Waals surface area contributed by atoms with E-state index in [9.17, 15) is 14.4 Å². The summed E-state index contributed by atoms with van der Waals surface area (Å²) in [5.74, 6) is 4.92. The van der Waals surface area contributed by atoms with E-state index in [0.29, 0.717) is 39.2 Å². The number of amides is 2. The van der Waals surface area contributed by atoms with Crippen LogP contribution in [-0.4, -0.2) is 53.1 Å². The van der Waals surface area contributed by atoms with Crippen LogP contribution in [0.1, 0.15) is 42.2 Å². The third-order valence-electron chi connectivity index (χ3n) is 6.51. The van der Waals surface area contributed by atoms with Gasteiger partial charge in [0.05, 0.1) is 29.6 Å². The minimum absolute atomic E-state index is 0.307. The summed E-state index contributed by atoms with van der Waals surface area (Å²) in [6, 6.07) is 26.4. The smallest absolute Gasteiger partial charge is 0.339 e. The highest BCUT2D eigenvalue weighted by atomic mass is 16.5. The van der Waals surface area contributed by atoms with Crippen LogP contribution in [0.25, 0.3) is 0 Å². The number of carbonyl (C=O) groups excluding carboxylic acids is 3. The van der Waals surface area contributed by atoms with Crippen LogP contribution in [0.3, 0.4) is 0 Å². The highest BCUT2D eigenvalue weighted by Crippen LogP contribution is 2.26. The Morgan fingerprint density at radius 1 is 0.619 bits per heavy atom. The molecular formula is C34H32N4O4. The number of methoxy groups -OCH3 is 1. The zero-order valence-corrected chi connectivity index (χ0v) is 24.2. The van der Waals surface area contributed by atoms with E-state index in [1.807, 2.05) is 62.3 Å². The predicted octanol–water partition coefficient (Wildman–Crippen LogP) is 5.51. The lowest BCUT2D eigenvalue weighted by Gasteiger charge is -2.15. The van der Waals surface area contributed by atoms with Crippen LogP contribution in [-0.2, 0) is 4.74 Å². The van der Waals surface area contributed by atoms with E-state index in [4.69, 9.17) is 4.74 Å². The predicted molar refractivity (Wildman–Crippen MR) is 168 cm³/mol. The Bertz CT molecular complexity index is 1580. The molecule has 0 aliphatic heterocycles. The number of rotatable bonds is 7. The number of anilines is 4. The molecule has 2 N–H and O–H groups in total. The molecule has 0 saturated heterocycles. The second-order valence-corrected chi connectivity index (χ2v) is 9.81.